The summed E-state index contributed by atoms with van der Waals surface area (Å²) in [5, 5.41) is 15.1. The van der Waals surface area contributed by atoms with Gasteiger partial charge >= 0.3 is 0 Å². The first-order chi connectivity index (χ1) is 16.5. The van der Waals surface area contributed by atoms with Gasteiger partial charge in [0.2, 0.25) is 16.9 Å². The molecule has 2 aromatic carbocycles. The fraction of sp³-hybridized carbons (Fsp3) is 0.333. The molecule has 0 radical (unpaired) electrons. The van der Waals surface area contributed by atoms with Crippen molar-refractivity contribution in [1.82, 2.24) is 15.1 Å². The lowest BCUT2D eigenvalue weighted by Gasteiger charge is -2.21. The highest BCUT2D eigenvalue weighted by atomic mass is 32.2. The maximum Gasteiger partial charge on any atom is 0.244 e. The third-order valence-electron chi connectivity index (χ3n) is 4.93. The number of rotatable bonds is 12. The number of thioether (sulfide) groups is 1. The number of hydrogen-bond acceptors (Lipinski definition) is 8. The van der Waals surface area contributed by atoms with Crippen molar-refractivity contribution >= 4 is 45.7 Å². The molecule has 34 heavy (non-hydrogen) atoms. The average Bonchev–Trinajstić information content (AvgIpc) is 3.30. The number of ether oxygens (including phenoxy) is 1. The number of aromatic nitrogens is 2. The van der Waals surface area contributed by atoms with Crippen LogP contribution in [0.3, 0.4) is 0 Å². The summed E-state index contributed by atoms with van der Waals surface area (Å²) in [6.45, 7) is 5.07. The number of para-hydroxylation sites is 1. The number of anilines is 2. The second-order valence-electron chi connectivity index (χ2n) is 7.54. The SMILES string of the molecule is CCCN(CC(=O)Nc1ccccc1C)C(=O)CSc1nnc(NCc2ccc(OC)cc2)s1. The summed E-state index contributed by atoms with van der Waals surface area (Å²) >= 11 is 2.73. The minimum Gasteiger partial charge on any atom is -0.497 e. The molecule has 0 fully saturated rings. The maximum absolute atomic E-state index is 12.8. The van der Waals surface area contributed by atoms with Crippen molar-refractivity contribution in [3.63, 3.8) is 0 Å². The fourth-order valence-corrected chi connectivity index (χ4v) is 4.76. The van der Waals surface area contributed by atoms with Crippen LogP contribution in [0.1, 0.15) is 24.5 Å². The maximum atomic E-state index is 12.8. The number of aryl methyl sites for hydroxylation is 1. The normalized spacial score (nSPS) is 10.6. The summed E-state index contributed by atoms with van der Waals surface area (Å²) in [5.74, 6) is 0.703. The summed E-state index contributed by atoms with van der Waals surface area (Å²) < 4.78 is 5.87. The van der Waals surface area contributed by atoms with Crippen molar-refractivity contribution < 1.29 is 14.3 Å². The van der Waals surface area contributed by atoms with Gasteiger partial charge in [-0.1, -0.05) is 60.4 Å². The van der Waals surface area contributed by atoms with Crippen LogP contribution in [-0.2, 0) is 16.1 Å². The van der Waals surface area contributed by atoms with Crippen LogP contribution in [0.4, 0.5) is 10.8 Å². The molecular weight excluding hydrogens is 470 g/mol. The van der Waals surface area contributed by atoms with E-state index in [1.807, 2.05) is 62.4 Å². The third kappa shape index (κ3) is 7.74. The van der Waals surface area contributed by atoms with Gasteiger partial charge in [0, 0.05) is 18.8 Å². The minimum absolute atomic E-state index is 0.0202. The van der Waals surface area contributed by atoms with Gasteiger partial charge in [-0.05, 0) is 42.7 Å². The fourth-order valence-electron chi connectivity index (χ4n) is 3.11. The molecule has 10 heteroatoms. The molecule has 8 nitrogen and oxygen atoms in total. The second-order valence-corrected chi connectivity index (χ2v) is 9.74. The number of carbonyl (C=O) groups is 2. The molecule has 0 aliphatic rings. The molecule has 2 amide bonds. The second kappa shape index (κ2) is 13.0. The van der Waals surface area contributed by atoms with Crippen molar-refractivity contribution in [2.45, 2.75) is 31.2 Å². The van der Waals surface area contributed by atoms with E-state index in [9.17, 15) is 9.59 Å². The van der Waals surface area contributed by atoms with Crippen LogP contribution in [0.5, 0.6) is 5.75 Å². The highest BCUT2D eigenvalue weighted by Crippen LogP contribution is 2.26. The highest BCUT2D eigenvalue weighted by molar-refractivity contribution is 8.01. The molecule has 3 aromatic rings. The highest BCUT2D eigenvalue weighted by Gasteiger charge is 2.18. The third-order valence-corrected chi connectivity index (χ3v) is 6.93. The first kappa shape index (κ1) is 25.5. The Bertz CT molecular complexity index is 1090. The zero-order chi connectivity index (χ0) is 24.3. The van der Waals surface area contributed by atoms with E-state index in [0.29, 0.717) is 22.6 Å². The van der Waals surface area contributed by atoms with E-state index in [4.69, 9.17) is 4.74 Å². The zero-order valence-corrected chi connectivity index (χ0v) is 21.2. The van der Waals surface area contributed by atoms with Crippen LogP contribution < -0.4 is 15.4 Å². The molecule has 180 valence electrons. The summed E-state index contributed by atoms with van der Waals surface area (Å²) in [6, 6.07) is 15.4. The quantitative estimate of drug-likeness (QED) is 0.356. The van der Waals surface area contributed by atoms with E-state index >= 15 is 0 Å². The molecule has 2 N–H and O–H groups in total. The Labute approximate surface area is 208 Å². The summed E-state index contributed by atoms with van der Waals surface area (Å²) in [6.07, 6.45) is 0.770. The number of benzene rings is 2. The largest absolute Gasteiger partial charge is 0.497 e. The Morgan fingerprint density at radius 3 is 2.59 bits per heavy atom. The molecule has 3 rings (SSSR count). The van der Waals surface area contributed by atoms with Crippen LogP contribution in [0.2, 0.25) is 0 Å². The topological polar surface area (TPSA) is 96.5 Å². The predicted molar refractivity (Wildman–Crippen MR) is 138 cm³/mol. The molecule has 0 aliphatic heterocycles. The number of amides is 2. The first-order valence-corrected chi connectivity index (χ1v) is 12.7. The summed E-state index contributed by atoms with van der Waals surface area (Å²) in [5.41, 5.74) is 2.83. The Hall–Kier alpha value is -3.11. The Morgan fingerprint density at radius 2 is 1.88 bits per heavy atom. The van der Waals surface area contributed by atoms with E-state index in [1.165, 1.54) is 23.1 Å². The van der Waals surface area contributed by atoms with Gasteiger partial charge in [-0.25, -0.2) is 0 Å². The molecule has 0 saturated carbocycles. The zero-order valence-electron chi connectivity index (χ0n) is 19.5. The number of nitrogens with zero attached hydrogens (tertiary/aromatic N) is 3. The van der Waals surface area contributed by atoms with Crippen LogP contribution in [0.25, 0.3) is 0 Å². The van der Waals surface area contributed by atoms with Crippen LogP contribution in [0.15, 0.2) is 52.9 Å². The molecule has 1 heterocycles. The molecule has 0 atom stereocenters. The molecular formula is C24H29N5O3S2. The lowest BCUT2D eigenvalue weighted by Crippen LogP contribution is -2.39. The van der Waals surface area contributed by atoms with Crippen molar-refractivity contribution in [2.24, 2.45) is 0 Å². The average molecular weight is 500 g/mol. The Kier molecular flexibility index (Phi) is 9.72. The van der Waals surface area contributed by atoms with Crippen LogP contribution >= 0.6 is 23.1 Å². The standard InChI is InChI=1S/C24H29N5O3S2/c1-4-13-29(15-21(30)26-20-8-6-5-7-17(20)2)22(31)16-33-24-28-27-23(34-24)25-14-18-9-11-19(32-3)12-10-18/h5-12H,4,13-16H2,1-3H3,(H,25,27)(H,26,30). The van der Waals surface area contributed by atoms with Gasteiger partial charge in [0.25, 0.3) is 0 Å². The molecule has 0 aliphatic carbocycles. The molecule has 1 aromatic heterocycles. The van der Waals surface area contributed by atoms with Crippen LogP contribution in [-0.4, -0.2) is 52.9 Å². The van der Waals surface area contributed by atoms with Gasteiger partial charge in [-0.15, -0.1) is 10.2 Å². The number of methoxy groups -OCH3 is 1. The monoisotopic (exact) mass is 499 g/mol. The molecule has 0 unspecified atom stereocenters. The van der Waals surface area contributed by atoms with E-state index in [2.05, 4.69) is 20.8 Å². The minimum atomic E-state index is -0.206. The number of carbonyl (C=O) groups excluding carboxylic acids is 2. The number of hydrogen-bond donors (Lipinski definition) is 2. The van der Waals surface area contributed by atoms with Gasteiger partial charge < -0.3 is 20.3 Å². The lowest BCUT2D eigenvalue weighted by atomic mass is 10.2. The van der Waals surface area contributed by atoms with E-state index < -0.39 is 0 Å². The van der Waals surface area contributed by atoms with Crippen LogP contribution in [0, 0.1) is 6.92 Å². The number of nitrogens with one attached hydrogen (secondary N) is 2. The van der Waals surface area contributed by atoms with Gasteiger partial charge in [-0.2, -0.15) is 0 Å². The molecule has 0 spiro atoms. The summed E-state index contributed by atoms with van der Waals surface area (Å²) in [4.78, 5) is 26.9. The molecule has 0 saturated heterocycles. The Balaban J connectivity index is 1.48. The summed E-state index contributed by atoms with van der Waals surface area (Å²) in [7, 11) is 1.64. The van der Waals surface area contributed by atoms with E-state index in [0.717, 1.165) is 29.0 Å². The smallest absolute Gasteiger partial charge is 0.244 e. The first-order valence-electron chi connectivity index (χ1n) is 10.9. The van der Waals surface area contributed by atoms with Gasteiger partial charge in [0.15, 0.2) is 4.34 Å². The van der Waals surface area contributed by atoms with Crippen molar-refractivity contribution in [3.05, 3.63) is 59.7 Å². The van der Waals surface area contributed by atoms with Crippen molar-refractivity contribution in [3.8, 4) is 5.75 Å². The van der Waals surface area contributed by atoms with Gasteiger partial charge in [0.1, 0.15) is 5.75 Å². The lowest BCUT2D eigenvalue weighted by molar-refractivity contribution is -0.132. The van der Waals surface area contributed by atoms with E-state index in [1.54, 1.807) is 12.0 Å². The predicted octanol–water partition coefficient (Wildman–Crippen LogP) is 4.44. The van der Waals surface area contributed by atoms with Crippen molar-refractivity contribution in [2.75, 3.05) is 36.6 Å². The van der Waals surface area contributed by atoms with Gasteiger partial charge in [0.05, 0.1) is 19.4 Å². The van der Waals surface area contributed by atoms with Crippen molar-refractivity contribution in [1.29, 1.82) is 0 Å². The van der Waals surface area contributed by atoms with Gasteiger partial charge in [-0.3, -0.25) is 9.59 Å². The van der Waals surface area contributed by atoms with E-state index in [-0.39, 0.29) is 24.1 Å². The molecule has 0 bridgehead atoms. The Morgan fingerprint density at radius 1 is 1.12 bits per heavy atom.